The highest BCUT2D eigenvalue weighted by molar-refractivity contribution is 5.99. The second-order valence-electron chi connectivity index (χ2n) is 9.30. The summed E-state index contributed by atoms with van der Waals surface area (Å²) in [6.45, 7) is 3.96. The van der Waals surface area contributed by atoms with Gasteiger partial charge in [0.15, 0.2) is 5.82 Å². The fourth-order valence-electron chi connectivity index (χ4n) is 4.65. The number of hydrogen-bond acceptors (Lipinski definition) is 7. The standard InChI is InChI=1S/C25H24N6O5/c1-13-9-17-18(11-31(13)25(33)34)26-12-27-23(17)35-20-6-5-19-16(14(20)2)7-8-30(19)24(32)28-22-10-21(36-29-22)15-3-4-15/h5-8,10,12-13,15H,3-4,9,11H2,1-2H3,(H,33,34)(H,28,29,32). The molecule has 2 amide bonds. The van der Waals surface area contributed by atoms with Crippen LogP contribution < -0.4 is 10.1 Å². The molecule has 1 aliphatic carbocycles. The van der Waals surface area contributed by atoms with E-state index in [1.165, 1.54) is 15.8 Å². The summed E-state index contributed by atoms with van der Waals surface area (Å²) in [5.74, 6) is 2.62. The van der Waals surface area contributed by atoms with Crippen LogP contribution >= 0.6 is 0 Å². The van der Waals surface area contributed by atoms with Crippen molar-refractivity contribution in [3.8, 4) is 11.6 Å². The number of hydrogen-bond donors (Lipinski definition) is 2. The topological polar surface area (TPSA) is 136 Å². The second kappa shape index (κ2) is 8.36. The Hall–Kier alpha value is -4.41. The Bertz CT molecular complexity index is 1500. The number of carboxylic acid groups (broad SMARTS) is 1. The van der Waals surface area contributed by atoms with Crippen LogP contribution in [-0.2, 0) is 13.0 Å². The van der Waals surface area contributed by atoms with Gasteiger partial charge >= 0.3 is 12.1 Å². The van der Waals surface area contributed by atoms with Gasteiger partial charge in [-0.25, -0.2) is 19.6 Å². The minimum absolute atomic E-state index is 0.189. The van der Waals surface area contributed by atoms with Crippen molar-refractivity contribution in [3.05, 3.63) is 59.4 Å². The molecule has 4 heterocycles. The zero-order chi connectivity index (χ0) is 25.0. The Morgan fingerprint density at radius 2 is 2.06 bits per heavy atom. The summed E-state index contributed by atoms with van der Waals surface area (Å²) >= 11 is 0. The molecule has 2 aliphatic rings. The first-order chi connectivity index (χ1) is 17.4. The zero-order valence-corrected chi connectivity index (χ0v) is 19.8. The van der Waals surface area contributed by atoms with E-state index in [9.17, 15) is 14.7 Å². The predicted molar refractivity (Wildman–Crippen MR) is 128 cm³/mol. The number of carbonyl (C=O) groups is 2. The van der Waals surface area contributed by atoms with Gasteiger partial charge in [-0.3, -0.25) is 14.8 Å². The molecule has 1 saturated carbocycles. The quantitative estimate of drug-likeness (QED) is 0.414. The number of amides is 2. The molecular weight excluding hydrogens is 464 g/mol. The zero-order valence-electron chi connectivity index (χ0n) is 19.8. The van der Waals surface area contributed by atoms with E-state index in [0.717, 1.165) is 40.6 Å². The fraction of sp³-hybridized carbons (Fsp3) is 0.320. The average Bonchev–Trinajstić information content (AvgIpc) is 3.44. The molecule has 1 aromatic carbocycles. The van der Waals surface area contributed by atoms with Crippen molar-refractivity contribution in [2.75, 3.05) is 5.32 Å². The van der Waals surface area contributed by atoms with Crippen LogP contribution in [0.1, 0.15) is 48.3 Å². The van der Waals surface area contributed by atoms with Gasteiger partial charge in [-0.05, 0) is 51.3 Å². The first-order valence-electron chi connectivity index (χ1n) is 11.8. The summed E-state index contributed by atoms with van der Waals surface area (Å²) in [5, 5.41) is 17.0. The summed E-state index contributed by atoms with van der Waals surface area (Å²) in [7, 11) is 0. The molecule has 2 N–H and O–H groups in total. The normalized spacial score (nSPS) is 17.2. The van der Waals surface area contributed by atoms with E-state index < -0.39 is 6.09 Å². The minimum atomic E-state index is -0.976. The molecule has 0 spiro atoms. The highest BCUT2D eigenvalue weighted by Gasteiger charge is 2.31. The van der Waals surface area contributed by atoms with Gasteiger partial charge in [0, 0.05) is 40.7 Å². The Morgan fingerprint density at radius 3 is 2.83 bits per heavy atom. The van der Waals surface area contributed by atoms with Crippen molar-refractivity contribution in [3.63, 3.8) is 0 Å². The van der Waals surface area contributed by atoms with Crippen LogP contribution in [0.2, 0.25) is 0 Å². The van der Waals surface area contributed by atoms with Crippen LogP contribution in [0.4, 0.5) is 15.4 Å². The maximum Gasteiger partial charge on any atom is 0.407 e. The highest BCUT2D eigenvalue weighted by Crippen LogP contribution is 2.41. The minimum Gasteiger partial charge on any atom is -0.465 e. The van der Waals surface area contributed by atoms with Crippen LogP contribution in [-0.4, -0.2) is 47.9 Å². The molecule has 3 aromatic heterocycles. The number of carbonyl (C=O) groups excluding carboxylic acids is 1. The molecule has 0 bridgehead atoms. The van der Waals surface area contributed by atoms with Crippen LogP contribution in [0.15, 0.2) is 41.3 Å². The average molecular weight is 489 g/mol. The third-order valence-corrected chi connectivity index (χ3v) is 6.85. The SMILES string of the molecule is Cc1c(Oc2ncnc3c2CC(C)N(C(=O)O)C3)ccc2c1ccn2C(=O)Nc1cc(C2CC2)on1. The van der Waals surface area contributed by atoms with Gasteiger partial charge in [0.05, 0.1) is 17.8 Å². The monoisotopic (exact) mass is 488 g/mol. The Kier molecular flexibility index (Phi) is 5.13. The van der Waals surface area contributed by atoms with Gasteiger partial charge in [0.25, 0.3) is 0 Å². The van der Waals surface area contributed by atoms with E-state index in [-0.39, 0.29) is 18.6 Å². The lowest BCUT2D eigenvalue weighted by Gasteiger charge is -2.32. The van der Waals surface area contributed by atoms with Gasteiger partial charge in [0.1, 0.15) is 17.8 Å². The second-order valence-corrected chi connectivity index (χ2v) is 9.30. The number of fused-ring (bicyclic) bond motifs is 2. The molecule has 36 heavy (non-hydrogen) atoms. The number of nitrogens with one attached hydrogen (secondary N) is 1. The maximum atomic E-state index is 12.9. The highest BCUT2D eigenvalue weighted by atomic mass is 16.5. The third kappa shape index (κ3) is 3.82. The number of aryl methyl sites for hydroxylation is 1. The molecule has 1 fully saturated rings. The van der Waals surface area contributed by atoms with Gasteiger partial charge in [0.2, 0.25) is 5.88 Å². The lowest BCUT2D eigenvalue weighted by Crippen LogP contribution is -2.42. The first-order valence-corrected chi connectivity index (χ1v) is 11.8. The third-order valence-electron chi connectivity index (χ3n) is 6.85. The molecule has 184 valence electrons. The van der Waals surface area contributed by atoms with E-state index in [1.54, 1.807) is 18.3 Å². The van der Waals surface area contributed by atoms with Gasteiger partial charge in [-0.2, -0.15) is 0 Å². The van der Waals surface area contributed by atoms with Crippen molar-refractivity contribution in [1.82, 2.24) is 24.6 Å². The summed E-state index contributed by atoms with van der Waals surface area (Å²) in [6.07, 6.45) is 4.75. The van der Waals surface area contributed by atoms with E-state index in [2.05, 4.69) is 20.4 Å². The Balaban J connectivity index is 1.25. The Labute approximate surface area is 205 Å². The van der Waals surface area contributed by atoms with Gasteiger partial charge in [-0.15, -0.1) is 0 Å². The number of benzene rings is 1. The van der Waals surface area contributed by atoms with Crippen molar-refractivity contribution >= 4 is 28.8 Å². The molecule has 1 unspecified atom stereocenters. The first kappa shape index (κ1) is 22.1. The number of aromatic nitrogens is 4. The molecule has 6 rings (SSSR count). The molecule has 0 radical (unpaired) electrons. The van der Waals surface area contributed by atoms with Gasteiger partial charge in [-0.1, -0.05) is 5.16 Å². The van der Waals surface area contributed by atoms with Crippen LogP contribution in [0.25, 0.3) is 10.9 Å². The maximum absolute atomic E-state index is 12.9. The number of nitrogens with zero attached hydrogens (tertiary/aromatic N) is 5. The lowest BCUT2D eigenvalue weighted by molar-refractivity contribution is 0.118. The van der Waals surface area contributed by atoms with E-state index in [1.807, 2.05) is 26.0 Å². The molecule has 4 aromatic rings. The summed E-state index contributed by atoms with van der Waals surface area (Å²) in [6, 6.07) is 6.69. The summed E-state index contributed by atoms with van der Waals surface area (Å²) in [5.41, 5.74) is 3.01. The van der Waals surface area contributed by atoms with Crippen LogP contribution in [0, 0.1) is 6.92 Å². The van der Waals surface area contributed by atoms with Crippen LogP contribution in [0.3, 0.4) is 0 Å². The number of rotatable bonds is 4. The fourth-order valence-corrected chi connectivity index (χ4v) is 4.65. The van der Waals surface area contributed by atoms with Crippen molar-refractivity contribution < 1.29 is 24.0 Å². The lowest BCUT2D eigenvalue weighted by atomic mass is 10.00. The molecule has 0 saturated heterocycles. The largest absolute Gasteiger partial charge is 0.465 e. The molecular formula is C25H24N6O5. The smallest absolute Gasteiger partial charge is 0.407 e. The van der Waals surface area contributed by atoms with Gasteiger partial charge < -0.3 is 14.4 Å². The van der Waals surface area contributed by atoms with E-state index in [4.69, 9.17) is 9.26 Å². The molecule has 11 heteroatoms. The molecule has 1 aliphatic heterocycles. The van der Waals surface area contributed by atoms with Crippen molar-refractivity contribution in [2.45, 2.75) is 51.6 Å². The molecule has 11 nitrogen and oxygen atoms in total. The van der Waals surface area contributed by atoms with Crippen molar-refractivity contribution in [2.24, 2.45) is 0 Å². The van der Waals surface area contributed by atoms with E-state index >= 15 is 0 Å². The Morgan fingerprint density at radius 1 is 1.22 bits per heavy atom. The number of ether oxygens (including phenoxy) is 1. The molecule has 1 atom stereocenters. The number of anilines is 1. The summed E-state index contributed by atoms with van der Waals surface area (Å²) in [4.78, 5) is 34.4. The van der Waals surface area contributed by atoms with Crippen molar-refractivity contribution in [1.29, 1.82) is 0 Å². The van der Waals surface area contributed by atoms with E-state index in [0.29, 0.717) is 35.5 Å². The van der Waals surface area contributed by atoms with Crippen LogP contribution in [0.5, 0.6) is 11.6 Å². The predicted octanol–water partition coefficient (Wildman–Crippen LogP) is 4.90. The summed E-state index contributed by atoms with van der Waals surface area (Å²) < 4.78 is 13.0.